The molecular weight excluding hydrogens is 1220 g/mol. The largest absolute Gasteiger partial charge is 0.481 e. The highest BCUT2D eigenvalue weighted by atomic mass is 16.6. The van der Waals surface area contributed by atoms with Crippen LogP contribution in [0.5, 0.6) is 0 Å². The average Bonchev–Trinajstić information content (AvgIpc) is 2.97. The van der Waals surface area contributed by atoms with Gasteiger partial charge in [-0.3, -0.25) is 19.2 Å². The van der Waals surface area contributed by atoms with E-state index < -0.39 is 5.97 Å². The van der Waals surface area contributed by atoms with Gasteiger partial charge in [-0.2, -0.15) is 0 Å². The number of carboxylic acid groups (broad SMARTS) is 1. The van der Waals surface area contributed by atoms with Crippen molar-refractivity contribution in [3.8, 4) is 0 Å². The number of carbonyl (C=O) groups excluding carboxylic acids is 3. The second-order valence-corrected chi connectivity index (χ2v) is 31.7. The molecule has 99 heavy (non-hydrogen) atoms. The van der Waals surface area contributed by atoms with E-state index in [1.165, 1.54) is 424 Å². The van der Waals surface area contributed by atoms with Gasteiger partial charge in [0.05, 0.1) is 12.5 Å². The van der Waals surface area contributed by atoms with Gasteiger partial charge in [0, 0.05) is 19.3 Å². The number of rotatable bonds is 81. The summed E-state index contributed by atoms with van der Waals surface area (Å²) < 4.78 is 10.4. The summed E-state index contributed by atoms with van der Waals surface area (Å²) in [5.74, 6) is -0.437. The molecule has 0 aliphatic heterocycles. The molecule has 1 atom stereocenters. The molecule has 0 radical (unpaired) electrons. The Morgan fingerprint density at radius 1 is 0.232 bits per heavy atom. The van der Waals surface area contributed by atoms with E-state index >= 15 is 0 Å². The maximum absolute atomic E-state index is 13.2. The Balaban J connectivity index is -0.00000177. The molecule has 0 heterocycles. The molecule has 1 N–H and O–H groups in total. The van der Waals surface area contributed by atoms with Gasteiger partial charge < -0.3 is 14.6 Å². The van der Waals surface area contributed by atoms with Gasteiger partial charge in [0.25, 0.3) is 0 Å². The second kappa shape index (κ2) is 92.2. The minimum absolute atomic E-state index is 0.0304. The van der Waals surface area contributed by atoms with Crippen molar-refractivity contribution in [1.29, 1.82) is 0 Å². The molecule has 0 aliphatic rings. The quantitative estimate of drug-likeness (QED) is 0.0367. The Morgan fingerprint density at radius 2 is 0.414 bits per heavy atom. The predicted molar refractivity (Wildman–Crippen MR) is 437 cm³/mol. The third-order valence-corrected chi connectivity index (χ3v) is 21.1. The summed E-state index contributed by atoms with van der Waals surface area (Å²) in [5.41, 5.74) is 0. The zero-order chi connectivity index (χ0) is 72.7. The lowest BCUT2D eigenvalue weighted by molar-refractivity contribution is -0.163. The minimum atomic E-state index is -0.653. The molecule has 0 bridgehead atoms. The van der Waals surface area contributed by atoms with E-state index in [1.807, 2.05) is 6.92 Å². The number of hydrogen-bond donors (Lipinski definition) is 1. The zero-order valence-corrected chi connectivity index (χ0v) is 68.9. The summed E-state index contributed by atoms with van der Waals surface area (Å²) in [5, 5.41) is 8.52. The highest BCUT2D eigenvalue weighted by Crippen LogP contribution is 2.24. The van der Waals surface area contributed by atoms with Crippen molar-refractivity contribution < 1.29 is 33.8 Å². The van der Waals surface area contributed by atoms with Crippen LogP contribution in [0.25, 0.3) is 0 Å². The topological polar surface area (TPSA) is 107 Å². The number of unbranched alkanes of at least 4 members (excludes halogenated alkanes) is 67. The third-order valence-electron chi connectivity index (χ3n) is 21.1. The Morgan fingerprint density at radius 3 is 0.616 bits per heavy atom. The van der Waals surface area contributed by atoms with E-state index in [2.05, 4.69) is 41.5 Å². The standard InChI is InChI=1S/C54H106O3.C20H40O2.C18H36O2/c1-5-7-9-11-13-15-17-19-21-26-30-34-38-42-46-50-53(55)57-54(56)52(48-44-40-36-32-28-24-20-18-16-14-12-10-8-6-2)49-45-41-37-33-29-25-22-23-27-31-35-39-43-47-51(3)4;1-3-5-6-7-8-9-10-11-12-13-14-15-16-17-18-19-20(21)22-4-2;1-2-3-4-5-6-7-8-9-10-11-12-13-14-15-16-17-18(19)20/h51-52H,5-50H2,1-4H3;3-19H2,1-2H3;2-17H2,1H3,(H,19,20). The Kier molecular flexibility index (Phi) is 94.3. The summed E-state index contributed by atoms with van der Waals surface area (Å²) in [7, 11) is 0. The fourth-order valence-corrected chi connectivity index (χ4v) is 14.3. The molecule has 7 heteroatoms. The number of carboxylic acids is 1. The first-order valence-electron chi connectivity index (χ1n) is 45.7. The predicted octanol–water partition coefficient (Wildman–Crippen LogP) is 32.5. The van der Waals surface area contributed by atoms with E-state index in [0.717, 1.165) is 63.7 Å². The van der Waals surface area contributed by atoms with Crippen molar-refractivity contribution in [3.05, 3.63) is 0 Å². The molecule has 0 aromatic rings. The highest BCUT2D eigenvalue weighted by Gasteiger charge is 2.22. The first kappa shape index (κ1) is 101. The molecule has 0 amide bonds. The van der Waals surface area contributed by atoms with Crippen molar-refractivity contribution in [1.82, 2.24) is 0 Å². The van der Waals surface area contributed by atoms with Crippen LogP contribution >= 0.6 is 0 Å². The van der Waals surface area contributed by atoms with Crippen LogP contribution < -0.4 is 0 Å². The molecule has 0 rings (SSSR count). The summed E-state index contributed by atoms with van der Waals surface area (Å²) in [4.78, 5) is 47.4. The second-order valence-electron chi connectivity index (χ2n) is 31.7. The first-order chi connectivity index (χ1) is 48.6. The van der Waals surface area contributed by atoms with Crippen LogP contribution in [-0.2, 0) is 28.7 Å². The van der Waals surface area contributed by atoms with Gasteiger partial charge in [-0.05, 0) is 44.9 Å². The lowest BCUT2D eigenvalue weighted by atomic mass is 9.94. The Hall–Kier alpha value is -1.92. The number of hydrogen-bond acceptors (Lipinski definition) is 6. The molecule has 0 fully saturated rings. The van der Waals surface area contributed by atoms with Gasteiger partial charge in [0.2, 0.25) is 0 Å². The van der Waals surface area contributed by atoms with Crippen LogP contribution in [-0.4, -0.2) is 35.6 Å². The van der Waals surface area contributed by atoms with Gasteiger partial charge >= 0.3 is 23.9 Å². The minimum Gasteiger partial charge on any atom is -0.481 e. The van der Waals surface area contributed by atoms with Crippen molar-refractivity contribution >= 4 is 23.9 Å². The van der Waals surface area contributed by atoms with Crippen LogP contribution in [0.1, 0.15) is 549 Å². The molecule has 0 aromatic carbocycles. The van der Waals surface area contributed by atoms with Crippen LogP contribution in [0, 0.1) is 11.8 Å². The lowest BCUT2D eigenvalue weighted by Gasteiger charge is -2.15. The fraction of sp³-hybridized carbons (Fsp3) is 0.957. The summed E-state index contributed by atoms with van der Waals surface area (Å²) in [6, 6.07) is 0. The maximum Gasteiger partial charge on any atom is 0.316 e. The van der Waals surface area contributed by atoms with Crippen molar-refractivity contribution in [2.45, 2.75) is 549 Å². The molecule has 0 aliphatic carbocycles. The van der Waals surface area contributed by atoms with E-state index in [-0.39, 0.29) is 23.8 Å². The molecule has 7 nitrogen and oxygen atoms in total. The number of carbonyl (C=O) groups is 4. The molecule has 592 valence electrons. The lowest BCUT2D eigenvalue weighted by Crippen LogP contribution is -2.21. The first-order valence-corrected chi connectivity index (χ1v) is 45.7. The van der Waals surface area contributed by atoms with E-state index in [9.17, 15) is 19.2 Å². The molecule has 0 saturated carbocycles. The van der Waals surface area contributed by atoms with E-state index in [4.69, 9.17) is 14.6 Å². The zero-order valence-electron chi connectivity index (χ0n) is 68.9. The summed E-state index contributed by atoms with van der Waals surface area (Å²) in [6.45, 7) is 16.2. The van der Waals surface area contributed by atoms with Crippen molar-refractivity contribution in [3.63, 3.8) is 0 Å². The van der Waals surface area contributed by atoms with E-state index in [0.29, 0.717) is 25.9 Å². The fourth-order valence-electron chi connectivity index (χ4n) is 14.3. The van der Waals surface area contributed by atoms with Gasteiger partial charge in [-0.25, -0.2) is 0 Å². The summed E-state index contributed by atoms with van der Waals surface area (Å²) >= 11 is 0. The van der Waals surface area contributed by atoms with E-state index in [1.54, 1.807) is 0 Å². The van der Waals surface area contributed by atoms with Gasteiger partial charge in [-0.15, -0.1) is 0 Å². The van der Waals surface area contributed by atoms with Gasteiger partial charge in [0.15, 0.2) is 0 Å². The van der Waals surface area contributed by atoms with Gasteiger partial charge in [0.1, 0.15) is 0 Å². The molecular formula is C92H182O7. The van der Waals surface area contributed by atoms with Crippen molar-refractivity contribution in [2.24, 2.45) is 11.8 Å². The van der Waals surface area contributed by atoms with Crippen LogP contribution in [0.3, 0.4) is 0 Å². The van der Waals surface area contributed by atoms with Crippen molar-refractivity contribution in [2.75, 3.05) is 6.61 Å². The van der Waals surface area contributed by atoms with Crippen LogP contribution in [0.4, 0.5) is 0 Å². The van der Waals surface area contributed by atoms with Gasteiger partial charge in [-0.1, -0.05) is 491 Å². The Labute approximate surface area is 622 Å². The molecule has 0 saturated heterocycles. The third kappa shape index (κ3) is 96.1. The number of ether oxygens (including phenoxy) is 2. The molecule has 0 spiro atoms. The average molecular weight is 1400 g/mol. The SMILES string of the molecule is CCCCCCCCCCCCCCCCCC(=O)O.CCCCCCCCCCCCCCCCCC(=O)OC(=O)C(CCCCCCCCCCCCCCCC)CCCCCCCCCCCCCCCC(C)C.CCCCCCCCCCCCCCCCCC(=O)OCC. The monoisotopic (exact) mass is 1400 g/mol. The number of aliphatic carboxylic acids is 1. The molecule has 0 aromatic heterocycles. The normalized spacial score (nSPS) is 11.6. The van der Waals surface area contributed by atoms with Crippen LogP contribution in [0.15, 0.2) is 0 Å². The highest BCUT2D eigenvalue weighted by molar-refractivity contribution is 5.86. The smallest absolute Gasteiger partial charge is 0.316 e. The number of esters is 3. The van der Waals surface area contributed by atoms with Crippen LogP contribution in [0.2, 0.25) is 0 Å². The maximum atomic E-state index is 13.2. The Bertz CT molecular complexity index is 1530. The molecule has 1 unspecified atom stereocenters. The summed E-state index contributed by atoms with van der Waals surface area (Å²) in [6.07, 6.45) is 101.